The van der Waals surface area contributed by atoms with Gasteiger partial charge in [-0.15, -0.1) is 0 Å². The number of halogens is 3. The Hall–Kier alpha value is -1.79. The summed E-state index contributed by atoms with van der Waals surface area (Å²) in [6.45, 7) is 0. The van der Waals surface area contributed by atoms with E-state index in [9.17, 15) is 9.18 Å². The first-order valence-electron chi connectivity index (χ1n) is 5.43. The van der Waals surface area contributed by atoms with Gasteiger partial charge >= 0.3 is 5.97 Å². The minimum Gasteiger partial charge on any atom is -0.478 e. The van der Waals surface area contributed by atoms with Crippen molar-refractivity contribution in [2.24, 2.45) is 0 Å². The Morgan fingerprint density at radius 2 is 1.95 bits per heavy atom. The van der Waals surface area contributed by atoms with E-state index in [1.807, 2.05) is 0 Å². The summed E-state index contributed by atoms with van der Waals surface area (Å²) in [5, 5.41) is 12.4. The lowest BCUT2D eigenvalue weighted by Crippen LogP contribution is -2.08. The first kappa shape index (κ1) is 14.6. The number of nitrogen functional groups attached to an aromatic ring is 1. The summed E-state index contributed by atoms with van der Waals surface area (Å²) in [6.07, 6.45) is 0. The SMILES string of the molecule is Nc1c(F)ccc(Nc2ccc(Br)cc2Cl)c1C(=O)O. The maximum absolute atomic E-state index is 13.3. The van der Waals surface area contributed by atoms with E-state index in [0.29, 0.717) is 10.7 Å². The van der Waals surface area contributed by atoms with E-state index < -0.39 is 17.5 Å². The molecule has 2 rings (SSSR count). The van der Waals surface area contributed by atoms with Gasteiger partial charge in [-0.3, -0.25) is 0 Å². The van der Waals surface area contributed by atoms with Crippen molar-refractivity contribution in [1.29, 1.82) is 0 Å². The van der Waals surface area contributed by atoms with E-state index in [-0.39, 0.29) is 11.3 Å². The Kier molecular flexibility index (Phi) is 4.15. The zero-order chi connectivity index (χ0) is 14.9. The molecule has 0 radical (unpaired) electrons. The van der Waals surface area contributed by atoms with Gasteiger partial charge in [0.25, 0.3) is 0 Å². The van der Waals surface area contributed by atoms with Gasteiger partial charge in [0.15, 0.2) is 0 Å². The molecule has 2 aromatic rings. The van der Waals surface area contributed by atoms with Crippen LogP contribution >= 0.6 is 27.5 Å². The van der Waals surface area contributed by atoms with E-state index in [4.69, 9.17) is 22.4 Å². The first-order chi connectivity index (χ1) is 9.40. The van der Waals surface area contributed by atoms with Crippen LogP contribution in [0.4, 0.5) is 21.5 Å². The molecule has 0 saturated heterocycles. The monoisotopic (exact) mass is 358 g/mol. The van der Waals surface area contributed by atoms with Crippen molar-refractivity contribution >= 4 is 50.6 Å². The van der Waals surface area contributed by atoms with E-state index in [2.05, 4.69) is 21.2 Å². The van der Waals surface area contributed by atoms with Crippen molar-refractivity contribution in [3.63, 3.8) is 0 Å². The Bertz CT molecular complexity index is 694. The molecule has 0 spiro atoms. The van der Waals surface area contributed by atoms with Gasteiger partial charge in [-0.1, -0.05) is 27.5 Å². The van der Waals surface area contributed by atoms with Crippen LogP contribution in [-0.2, 0) is 0 Å². The quantitative estimate of drug-likeness (QED) is 0.716. The van der Waals surface area contributed by atoms with Crippen molar-refractivity contribution < 1.29 is 14.3 Å². The zero-order valence-corrected chi connectivity index (χ0v) is 12.3. The van der Waals surface area contributed by atoms with Crippen molar-refractivity contribution in [2.45, 2.75) is 0 Å². The summed E-state index contributed by atoms with van der Waals surface area (Å²) in [7, 11) is 0. The highest BCUT2D eigenvalue weighted by Crippen LogP contribution is 2.32. The summed E-state index contributed by atoms with van der Waals surface area (Å²) < 4.78 is 14.1. The number of aromatic carboxylic acids is 1. The lowest BCUT2D eigenvalue weighted by molar-refractivity contribution is 0.0698. The molecule has 0 fully saturated rings. The van der Waals surface area contributed by atoms with Crippen LogP contribution in [0.1, 0.15) is 10.4 Å². The van der Waals surface area contributed by atoms with Gasteiger partial charge in [-0.2, -0.15) is 0 Å². The fourth-order valence-electron chi connectivity index (χ4n) is 1.66. The summed E-state index contributed by atoms with van der Waals surface area (Å²) >= 11 is 9.30. The zero-order valence-electron chi connectivity index (χ0n) is 9.95. The molecule has 2 aromatic carbocycles. The van der Waals surface area contributed by atoms with Gasteiger partial charge in [-0.05, 0) is 30.3 Å². The van der Waals surface area contributed by atoms with Gasteiger partial charge in [-0.25, -0.2) is 9.18 Å². The normalized spacial score (nSPS) is 10.3. The number of carboxylic acid groups (broad SMARTS) is 1. The molecule has 104 valence electrons. The van der Waals surface area contributed by atoms with Gasteiger partial charge in [0.1, 0.15) is 11.4 Å². The standard InChI is InChI=1S/C13H9BrClFN2O2/c14-6-1-3-9(7(15)5-6)18-10-4-2-8(16)12(17)11(10)13(19)20/h1-5,18H,17H2,(H,19,20). The van der Waals surface area contributed by atoms with E-state index >= 15 is 0 Å². The minimum absolute atomic E-state index is 0.167. The lowest BCUT2D eigenvalue weighted by Gasteiger charge is -2.13. The Balaban J connectivity index is 2.48. The number of anilines is 3. The van der Waals surface area contributed by atoms with E-state index in [1.54, 1.807) is 18.2 Å². The van der Waals surface area contributed by atoms with Gasteiger partial charge < -0.3 is 16.2 Å². The molecule has 0 unspecified atom stereocenters. The van der Waals surface area contributed by atoms with Crippen LogP contribution in [0.2, 0.25) is 5.02 Å². The van der Waals surface area contributed by atoms with E-state index in [0.717, 1.165) is 10.5 Å². The maximum atomic E-state index is 13.3. The molecule has 4 nitrogen and oxygen atoms in total. The Labute approximate surface area is 127 Å². The molecule has 0 aliphatic rings. The topological polar surface area (TPSA) is 75.3 Å². The molecule has 0 bridgehead atoms. The molecule has 0 heterocycles. The number of nitrogens with one attached hydrogen (secondary N) is 1. The molecule has 0 aliphatic heterocycles. The highest BCUT2D eigenvalue weighted by Gasteiger charge is 2.18. The van der Waals surface area contributed by atoms with Gasteiger partial charge in [0.2, 0.25) is 0 Å². The van der Waals surface area contributed by atoms with Crippen LogP contribution in [0.25, 0.3) is 0 Å². The molecule has 0 atom stereocenters. The molecule has 20 heavy (non-hydrogen) atoms. The third-order valence-corrected chi connectivity index (χ3v) is 3.41. The van der Waals surface area contributed by atoms with Crippen molar-refractivity contribution in [3.05, 3.63) is 51.2 Å². The van der Waals surface area contributed by atoms with Gasteiger partial charge in [0, 0.05) is 4.47 Å². The predicted molar refractivity (Wildman–Crippen MR) is 80.2 cm³/mol. The smallest absolute Gasteiger partial charge is 0.340 e. The molecule has 0 aromatic heterocycles. The van der Waals surface area contributed by atoms with Crippen LogP contribution in [0, 0.1) is 5.82 Å². The fourth-order valence-corrected chi connectivity index (χ4v) is 2.39. The maximum Gasteiger partial charge on any atom is 0.340 e. The van der Waals surface area contributed by atoms with Crippen LogP contribution in [-0.4, -0.2) is 11.1 Å². The number of hydrogen-bond acceptors (Lipinski definition) is 3. The summed E-state index contributed by atoms with van der Waals surface area (Å²) in [4.78, 5) is 11.2. The average Bonchev–Trinajstić information content (AvgIpc) is 2.36. The number of rotatable bonds is 3. The van der Waals surface area contributed by atoms with Crippen molar-refractivity contribution in [1.82, 2.24) is 0 Å². The number of nitrogens with two attached hydrogens (primary N) is 1. The van der Waals surface area contributed by atoms with Crippen LogP contribution < -0.4 is 11.1 Å². The highest BCUT2D eigenvalue weighted by atomic mass is 79.9. The minimum atomic E-state index is -1.32. The number of carbonyl (C=O) groups is 1. The van der Waals surface area contributed by atoms with Crippen LogP contribution in [0.5, 0.6) is 0 Å². The summed E-state index contributed by atoms with van der Waals surface area (Å²) in [6, 6.07) is 7.45. The van der Waals surface area contributed by atoms with Crippen molar-refractivity contribution in [3.8, 4) is 0 Å². The second kappa shape index (κ2) is 5.68. The molecular formula is C13H9BrClFN2O2. The van der Waals surface area contributed by atoms with Gasteiger partial charge in [0.05, 0.1) is 22.1 Å². The average molecular weight is 360 g/mol. The Morgan fingerprint density at radius 3 is 2.55 bits per heavy atom. The molecular weight excluding hydrogens is 351 g/mol. The second-order valence-corrected chi connectivity index (χ2v) is 5.26. The lowest BCUT2D eigenvalue weighted by atomic mass is 10.1. The molecule has 7 heteroatoms. The molecule has 0 saturated carbocycles. The predicted octanol–water partition coefficient (Wildman–Crippen LogP) is 4.27. The third-order valence-electron chi connectivity index (χ3n) is 2.61. The largest absolute Gasteiger partial charge is 0.478 e. The number of benzene rings is 2. The van der Waals surface area contributed by atoms with Crippen molar-refractivity contribution in [2.75, 3.05) is 11.1 Å². The molecule has 0 aliphatic carbocycles. The fraction of sp³-hybridized carbons (Fsp3) is 0. The summed E-state index contributed by atoms with van der Waals surface area (Å²) in [5.74, 6) is -2.10. The number of carboxylic acids is 1. The number of hydrogen-bond donors (Lipinski definition) is 3. The van der Waals surface area contributed by atoms with Crippen LogP contribution in [0.3, 0.4) is 0 Å². The molecule has 4 N–H and O–H groups in total. The van der Waals surface area contributed by atoms with Crippen LogP contribution in [0.15, 0.2) is 34.8 Å². The highest BCUT2D eigenvalue weighted by molar-refractivity contribution is 9.10. The summed E-state index contributed by atoms with van der Waals surface area (Å²) in [5.41, 5.74) is 5.37. The molecule has 0 amide bonds. The Morgan fingerprint density at radius 1 is 1.30 bits per heavy atom. The second-order valence-electron chi connectivity index (χ2n) is 3.94. The first-order valence-corrected chi connectivity index (χ1v) is 6.60. The third kappa shape index (κ3) is 2.86. The van der Waals surface area contributed by atoms with E-state index in [1.165, 1.54) is 6.07 Å².